The zero-order valence-electron chi connectivity index (χ0n) is 9.71. The third-order valence-corrected chi connectivity index (χ3v) is 1.37. The maximum Gasteiger partial charge on any atom is 0.320 e. The van der Waals surface area contributed by atoms with Crippen LogP contribution in [-0.2, 0) is 19.7 Å². The SMILES string of the molecule is CCNC(=O)CC[C@H](N)C(=O)O.CS(=O)(=O)O. The minimum atomic E-state index is -3.67. The second-order valence-corrected chi connectivity index (χ2v) is 4.64. The van der Waals surface area contributed by atoms with Crippen LogP contribution in [-0.4, -0.2) is 48.8 Å². The Morgan fingerprint density at radius 3 is 2.12 bits per heavy atom. The van der Waals surface area contributed by atoms with Gasteiger partial charge in [0.15, 0.2) is 0 Å². The first-order chi connectivity index (χ1) is 7.57. The molecule has 0 aliphatic carbocycles. The summed E-state index contributed by atoms with van der Waals surface area (Å²) >= 11 is 0. The van der Waals surface area contributed by atoms with E-state index < -0.39 is 22.1 Å². The van der Waals surface area contributed by atoms with E-state index in [1.54, 1.807) is 6.92 Å². The standard InChI is InChI=1S/C7H14N2O3.CH4O3S/c1-2-9-6(10)4-3-5(8)7(11)12;1-5(2,3)4/h5H,2-4,8H2,1H3,(H,9,10)(H,11,12);1H3,(H,2,3,4)/t5-;/m0./s1. The molecular weight excluding hydrogens is 252 g/mol. The molecule has 0 saturated carbocycles. The van der Waals surface area contributed by atoms with Crippen molar-refractivity contribution < 1.29 is 27.7 Å². The van der Waals surface area contributed by atoms with Crippen LogP contribution < -0.4 is 11.1 Å². The van der Waals surface area contributed by atoms with E-state index in [1.165, 1.54) is 0 Å². The predicted octanol–water partition coefficient (Wildman–Crippen LogP) is -1.18. The summed E-state index contributed by atoms with van der Waals surface area (Å²) in [6.07, 6.45) is 1.06. The highest BCUT2D eigenvalue weighted by molar-refractivity contribution is 7.85. The maximum atomic E-state index is 10.8. The van der Waals surface area contributed by atoms with Crippen molar-refractivity contribution in [3.63, 3.8) is 0 Å². The van der Waals surface area contributed by atoms with Crippen molar-refractivity contribution in [2.75, 3.05) is 12.8 Å². The average molecular weight is 270 g/mol. The monoisotopic (exact) mass is 270 g/mol. The van der Waals surface area contributed by atoms with E-state index in [0.717, 1.165) is 0 Å². The van der Waals surface area contributed by atoms with Crippen molar-refractivity contribution in [1.82, 2.24) is 5.32 Å². The molecule has 0 aromatic rings. The molecule has 0 spiro atoms. The van der Waals surface area contributed by atoms with Crippen molar-refractivity contribution in [1.29, 1.82) is 0 Å². The highest BCUT2D eigenvalue weighted by Crippen LogP contribution is 1.94. The van der Waals surface area contributed by atoms with Gasteiger partial charge in [-0.15, -0.1) is 0 Å². The van der Waals surface area contributed by atoms with Gasteiger partial charge >= 0.3 is 5.97 Å². The Labute approximate surface area is 99.9 Å². The van der Waals surface area contributed by atoms with Crippen molar-refractivity contribution in [3.05, 3.63) is 0 Å². The highest BCUT2D eigenvalue weighted by Gasteiger charge is 2.12. The molecule has 1 amide bonds. The summed E-state index contributed by atoms with van der Waals surface area (Å²) in [4.78, 5) is 21.0. The molecule has 17 heavy (non-hydrogen) atoms. The third-order valence-electron chi connectivity index (χ3n) is 1.37. The van der Waals surface area contributed by atoms with Crippen LogP contribution in [0, 0.1) is 0 Å². The number of carbonyl (C=O) groups excluding carboxylic acids is 1. The van der Waals surface area contributed by atoms with E-state index in [0.29, 0.717) is 12.8 Å². The average Bonchev–Trinajstić information content (AvgIpc) is 2.11. The van der Waals surface area contributed by atoms with Crippen molar-refractivity contribution >= 4 is 22.0 Å². The Hall–Kier alpha value is -1.19. The number of carboxylic acids is 1. The Kier molecular flexibility index (Phi) is 9.52. The number of nitrogens with one attached hydrogen (secondary N) is 1. The van der Waals surface area contributed by atoms with Gasteiger partial charge in [0.2, 0.25) is 5.91 Å². The van der Waals surface area contributed by atoms with Crippen LogP contribution in [0.15, 0.2) is 0 Å². The molecule has 102 valence electrons. The third kappa shape index (κ3) is 20.8. The zero-order chi connectivity index (χ0) is 14.1. The normalized spacial score (nSPS) is 12.0. The summed E-state index contributed by atoms with van der Waals surface area (Å²) in [5.74, 6) is -1.23. The quantitative estimate of drug-likeness (QED) is 0.459. The van der Waals surface area contributed by atoms with Gasteiger partial charge in [-0.05, 0) is 13.3 Å². The van der Waals surface area contributed by atoms with Gasteiger partial charge in [0.05, 0.1) is 6.26 Å². The molecule has 8 nitrogen and oxygen atoms in total. The molecule has 0 fully saturated rings. The summed E-state index contributed by atoms with van der Waals surface area (Å²) in [6.45, 7) is 2.36. The number of rotatable bonds is 5. The van der Waals surface area contributed by atoms with E-state index in [-0.39, 0.29) is 18.7 Å². The van der Waals surface area contributed by atoms with E-state index in [2.05, 4.69) is 5.32 Å². The van der Waals surface area contributed by atoms with Gasteiger partial charge < -0.3 is 16.2 Å². The molecule has 1 atom stereocenters. The molecule has 0 unspecified atom stereocenters. The van der Waals surface area contributed by atoms with Crippen molar-refractivity contribution in [2.45, 2.75) is 25.8 Å². The predicted molar refractivity (Wildman–Crippen MR) is 61.0 cm³/mol. The van der Waals surface area contributed by atoms with E-state index in [4.69, 9.17) is 15.4 Å². The molecule has 5 N–H and O–H groups in total. The lowest BCUT2D eigenvalue weighted by Gasteiger charge is -2.05. The molecule has 0 bridgehead atoms. The first-order valence-electron chi connectivity index (χ1n) is 4.75. The largest absolute Gasteiger partial charge is 0.480 e. The summed E-state index contributed by atoms with van der Waals surface area (Å²) in [7, 11) is -3.67. The molecule has 0 heterocycles. The van der Waals surface area contributed by atoms with Gasteiger partial charge in [0, 0.05) is 13.0 Å². The topological polar surface area (TPSA) is 147 Å². The zero-order valence-corrected chi connectivity index (χ0v) is 10.5. The Morgan fingerprint density at radius 2 is 1.82 bits per heavy atom. The summed E-state index contributed by atoms with van der Waals surface area (Å²) in [5.41, 5.74) is 5.18. The first kappa shape index (κ1) is 18.2. The maximum absolute atomic E-state index is 10.8. The summed E-state index contributed by atoms with van der Waals surface area (Å²) < 4.78 is 25.9. The molecule has 9 heteroatoms. The number of aliphatic carboxylic acids is 1. The van der Waals surface area contributed by atoms with Crippen molar-refractivity contribution in [3.8, 4) is 0 Å². The number of hydrogen-bond acceptors (Lipinski definition) is 5. The molecule has 0 aliphatic rings. The fourth-order valence-electron chi connectivity index (χ4n) is 0.696. The van der Waals surface area contributed by atoms with E-state index in [9.17, 15) is 18.0 Å². The van der Waals surface area contributed by atoms with Gasteiger partial charge in [0.1, 0.15) is 6.04 Å². The molecule has 0 aromatic heterocycles. The Bertz CT molecular complexity index is 332. The minimum absolute atomic E-state index is 0.158. The summed E-state index contributed by atoms with van der Waals surface area (Å²) in [5, 5.41) is 10.9. The van der Waals surface area contributed by atoms with Crippen LogP contribution in [0.3, 0.4) is 0 Å². The van der Waals surface area contributed by atoms with E-state index in [1.807, 2.05) is 0 Å². The second kappa shape index (κ2) is 8.90. The fraction of sp³-hybridized carbons (Fsp3) is 0.750. The van der Waals surface area contributed by atoms with Crippen LogP contribution >= 0.6 is 0 Å². The van der Waals surface area contributed by atoms with Gasteiger partial charge in [-0.2, -0.15) is 8.42 Å². The van der Waals surface area contributed by atoms with Gasteiger partial charge in [-0.25, -0.2) is 0 Å². The first-order valence-corrected chi connectivity index (χ1v) is 6.60. The number of nitrogens with two attached hydrogens (primary N) is 1. The lowest BCUT2D eigenvalue weighted by Crippen LogP contribution is -2.32. The number of carbonyl (C=O) groups is 2. The molecular formula is C8H18N2O6S. The molecule has 0 saturated heterocycles. The van der Waals surface area contributed by atoms with E-state index >= 15 is 0 Å². The molecule has 0 rings (SSSR count). The fourth-order valence-corrected chi connectivity index (χ4v) is 0.696. The smallest absolute Gasteiger partial charge is 0.320 e. The number of carboxylic acid groups (broad SMARTS) is 1. The van der Waals surface area contributed by atoms with Crippen LogP contribution in [0.2, 0.25) is 0 Å². The van der Waals surface area contributed by atoms with Crippen LogP contribution in [0.4, 0.5) is 0 Å². The van der Waals surface area contributed by atoms with Gasteiger partial charge in [-0.1, -0.05) is 0 Å². The Balaban J connectivity index is 0. The van der Waals surface area contributed by atoms with Crippen molar-refractivity contribution in [2.24, 2.45) is 5.73 Å². The number of amides is 1. The lowest BCUT2D eigenvalue weighted by molar-refractivity contribution is -0.138. The molecule has 0 aliphatic heterocycles. The van der Waals surface area contributed by atoms with Gasteiger partial charge in [-0.3, -0.25) is 14.1 Å². The Morgan fingerprint density at radius 1 is 1.41 bits per heavy atom. The second-order valence-electron chi connectivity index (χ2n) is 3.17. The van der Waals surface area contributed by atoms with Crippen LogP contribution in [0.1, 0.15) is 19.8 Å². The molecule has 0 aromatic carbocycles. The van der Waals surface area contributed by atoms with Crippen LogP contribution in [0.5, 0.6) is 0 Å². The van der Waals surface area contributed by atoms with Crippen LogP contribution in [0.25, 0.3) is 0 Å². The van der Waals surface area contributed by atoms with Gasteiger partial charge in [0.25, 0.3) is 10.1 Å². The minimum Gasteiger partial charge on any atom is -0.480 e. The molecule has 0 radical (unpaired) electrons. The summed E-state index contributed by atoms with van der Waals surface area (Å²) in [6, 6.07) is -0.937. The lowest BCUT2D eigenvalue weighted by atomic mass is 10.1. The number of hydrogen-bond donors (Lipinski definition) is 4. The highest BCUT2D eigenvalue weighted by atomic mass is 32.2.